The summed E-state index contributed by atoms with van der Waals surface area (Å²) in [5.41, 5.74) is 10.2. The Kier molecular flexibility index (Phi) is 4.20. The van der Waals surface area contributed by atoms with Gasteiger partial charge in [0.1, 0.15) is 0 Å². The third-order valence-corrected chi connectivity index (χ3v) is 4.20. The fourth-order valence-electron chi connectivity index (χ4n) is 2.82. The first kappa shape index (κ1) is 15.7. The number of ketones is 1. The largest absolute Gasteiger partial charge is 0.399 e. The molecule has 0 saturated carbocycles. The first-order valence-corrected chi connectivity index (χ1v) is 7.76. The zero-order valence-electron chi connectivity index (χ0n) is 13.1. The molecule has 0 amide bonds. The van der Waals surface area contributed by atoms with Gasteiger partial charge in [0.25, 0.3) is 0 Å². The van der Waals surface area contributed by atoms with E-state index in [1.807, 2.05) is 54.4 Å². The predicted molar refractivity (Wildman–Crippen MR) is 93.9 cm³/mol. The second-order valence-electron chi connectivity index (χ2n) is 5.80. The van der Waals surface area contributed by atoms with Gasteiger partial charge in [0.2, 0.25) is 0 Å². The molecule has 1 unspecified atom stereocenters. The molecule has 1 atom stereocenters. The Hall–Kier alpha value is -2.17. The molecular formula is C18H18ClN3O. The van der Waals surface area contributed by atoms with E-state index < -0.39 is 6.17 Å². The number of carbonyl (C=O) groups excluding carboxylic acids is 1. The van der Waals surface area contributed by atoms with Crippen LogP contribution in [0.3, 0.4) is 0 Å². The van der Waals surface area contributed by atoms with Gasteiger partial charge in [0.15, 0.2) is 11.9 Å². The van der Waals surface area contributed by atoms with Crippen LogP contribution in [-0.2, 0) is 11.3 Å². The highest BCUT2D eigenvalue weighted by Gasteiger charge is 2.26. The number of fused-ring (bicyclic) bond motifs is 1. The van der Waals surface area contributed by atoms with Gasteiger partial charge in [-0.3, -0.25) is 14.7 Å². The van der Waals surface area contributed by atoms with E-state index in [9.17, 15) is 4.79 Å². The van der Waals surface area contributed by atoms with Crippen molar-refractivity contribution in [2.75, 3.05) is 12.8 Å². The van der Waals surface area contributed by atoms with Crippen LogP contribution in [0.5, 0.6) is 0 Å². The van der Waals surface area contributed by atoms with E-state index in [1.54, 1.807) is 6.92 Å². The van der Waals surface area contributed by atoms with Crippen molar-refractivity contribution >= 4 is 28.8 Å². The molecule has 4 nitrogen and oxygen atoms in total. The highest BCUT2D eigenvalue weighted by Crippen LogP contribution is 2.26. The summed E-state index contributed by atoms with van der Waals surface area (Å²) < 4.78 is 0. The van der Waals surface area contributed by atoms with Gasteiger partial charge in [-0.1, -0.05) is 29.8 Å². The minimum absolute atomic E-state index is 0.0133. The quantitative estimate of drug-likeness (QED) is 0.862. The van der Waals surface area contributed by atoms with E-state index in [4.69, 9.17) is 22.3 Å². The number of nitrogens with zero attached hydrogens (tertiary/aromatic N) is 2. The maximum atomic E-state index is 12.0. The number of benzene rings is 2. The first-order chi connectivity index (χ1) is 11.0. The molecule has 118 valence electrons. The highest BCUT2D eigenvalue weighted by atomic mass is 35.5. The van der Waals surface area contributed by atoms with E-state index in [0.29, 0.717) is 17.3 Å². The number of nitrogen functional groups attached to an aromatic ring is 1. The van der Waals surface area contributed by atoms with E-state index in [-0.39, 0.29) is 5.78 Å². The minimum Gasteiger partial charge on any atom is -0.399 e. The Balaban J connectivity index is 2.22. The van der Waals surface area contributed by atoms with Crippen molar-refractivity contribution in [3.63, 3.8) is 0 Å². The SMILES string of the molecule is CC(=O)C1N=C(c2ccc(N)cc2)c2cc(Cl)ccc2CN1C. The lowest BCUT2D eigenvalue weighted by atomic mass is 9.97. The Labute approximate surface area is 140 Å². The number of rotatable bonds is 2. The van der Waals surface area contributed by atoms with Crippen molar-refractivity contribution in [2.24, 2.45) is 4.99 Å². The van der Waals surface area contributed by atoms with E-state index in [2.05, 4.69) is 0 Å². The molecule has 23 heavy (non-hydrogen) atoms. The molecule has 2 aromatic carbocycles. The number of hydrogen-bond acceptors (Lipinski definition) is 4. The Morgan fingerprint density at radius 2 is 1.96 bits per heavy atom. The average Bonchev–Trinajstić information content (AvgIpc) is 2.64. The van der Waals surface area contributed by atoms with Crippen molar-refractivity contribution in [1.82, 2.24) is 4.90 Å². The standard InChI is InChI=1S/C18H18ClN3O/c1-11(23)18-21-17(12-4-7-15(20)8-5-12)16-9-14(19)6-3-13(16)10-22(18)2/h3-9,18H,10,20H2,1-2H3. The van der Waals surface area contributed by atoms with Gasteiger partial charge in [-0.2, -0.15) is 0 Å². The topological polar surface area (TPSA) is 58.7 Å². The molecule has 1 aliphatic heterocycles. The fraction of sp³-hybridized carbons (Fsp3) is 0.222. The molecule has 0 bridgehead atoms. The van der Waals surface area contributed by atoms with Crippen molar-refractivity contribution < 1.29 is 4.79 Å². The van der Waals surface area contributed by atoms with Gasteiger partial charge in [-0.05, 0) is 43.8 Å². The zero-order chi connectivity index (χ0) is 16.6. The molecule has 1 heterocycles. The summed E-state index contributed by atoms with van der Waals surface area (Å²) in [4.78, 5) is 18.7. The van der Waals surface area contributed by atoms with Crippen LogP contribution in [0.4, 0.5) is 5.69 Å². The maximum Gasteiger partial charge on any atom is 0.168 e. The van der Waals surface area contributed by atoms with E-state index in [0.717, 1.165) is 22.4 Å². The summed E-state index contributed by atoms with van der Waals surface area (Å²) in [6.07, 6.45) is -0.506. The van der Waals surface area contributed by atoms with Crippen LogP contribution in [0.2, 0.25) is 5.02 Å². The number of halogens is 1. The van der Waals surface area contributed by atoms with Crippen LogP contribution in [0.15, 0.2) is 47.5 Å². The van der Waals surface area contributed by atoms with E-state index in [1.165, 1.54) is 0 Å². The predicted octanol–water partition coefficient (Wildman–Crippen LogP) is 3.12. The van der Waals surface area contributed by atoms with Gasteiger partial charge in [-0.15, -0.1) is 0 Å². The summed E-state index contributed by atoms with van der Waals surface area (Å²) in [6.45, 7) is 2.20. The van der Waals surface area contributed by atoms with Crippen molar-refractivity contribution in [2.45, 2.75) is 19.6 Å². The molecule has 0 aromatic heterocycles. The number of Topliss-reactive ketones (excluding diaryl/α,β-unsaturated/α-hetero) is 1. The number of carbonyl (C=O) groups is 1. The highest BCUT2D eigenvalue weighted by molar-refractivity contribution is 6.31. The van der Waals surface area contributed by atoms with Gasteiger partial charge in [0, 0.05) is 28.4 Å². The molecule has 3 rings (SSSR count). The first-order valence-electron chi connectivity index (χ1n) is 7.39. The van der Waals surface area contributed by atoms with Crippen molar-refractivity contribution in [3.8, 4) is 0 Å². The van der Waals surface area contributed by atoms with Gasteiger partial charge >= 0.3 is 0 Å². The number of nitrogens with two attached hydrogens (primary N) is 1. The molecule has 2 aromatic rings. The summed E-state index contributed by atoms with van der Waals surface area (Å²) in [6, 6.07) is 13.3. The molecule has 5 heteroatoms. The number of likely N-dealkylation sites (N-methyl/N-ethyl adjacent to an activating group) is 1. The summed E-state index contributed by atoms with van der Waals surface area (Å²) >= 11 is 6.19. The Morgan fingerprint density at radius 3 is 2.61 bits per heavy atom. The molecule has 0 fully saturated rings. The number of aliphatic imine (C=N–C) groups is 1. The van der Waals surface area contributed by atoms with Crippen LogP contribution < -0.4 is 5.73 Å². The lowest BCUT2D eigenvalue weighted by molar-refractivity contribution is -0.121. The van der Waals surface area contributed by atoms with Crippen molar-refractivity contribution in [1.29, 1.82) is 0 Å². The maximum absolute atomic E-state index is 12.0. The molecule has 0 saturated heterocycles. The molecular weight excluding hydrogens is 310 g/mol. The lowest BCUT2D eigenvalue weighted by Gasteiger charge is -2.20. The Bertz CT molecular complexity index is 783. The fourth-order valence-corrected chi connectivity index (χ4v) is 3.00. The van der Waals surface area contributed by atoms with Crippen LogP contribution in [0.25, 0.3) is 0 Å². The molecule has 0 spiro atoms. The smallest absolute Gasteiger partial charge is 0.168 e. The summed E-state index contributed by atoms with van der Waals surface area (Å²) in [5, 5.41) is 0.649. The van der Waals surface area contributed by atoms with Crippen LogP contribution in [-0.4, -0.2) is 29.6 Å². The van der Waals surface area contributed by atoms with Crippen LogP contribution in [0.1, 0.15) is 23.6 Å². The average molecular weight is 328 g/mol. The zero-order valence-corrected chi connectivity index (χ0v) is 13.8. The van der Waals surface area contributed by atoms with Crippen molar-refractivity contribution in [3.05, 3.63) is 64.2 Å². The van der Waals surface area contributed by atoms with Crippen LogP contribution in [0, 0.1) is 0 Å². The Morgan fingerprint density at radius 1 is 1.26 bits per heavy atom. The van der Waals surface area contributed by atoms with Gasteiger partial charge in [-0.25, -0.2) is 0 Å². The number of hydrogen-bond donors (Lipinski definition) is 1. The third-order valence-electron chi connectivity index (χ3n) is 3.96. The molecule has 0 aliphatic carbocycles. The number of anilines is 1. The molecule has 0 radical (unpaired) electrons. The lowest BCUT2D eigenvalue weighted by Crippen LogP contribution is -2.34. The van der Waals surface area contributed by atoms with Crippen LogP contribution >= 0.6 is 11.6 Å². The monoisotopic (exact) mass is 327 g/mol. The van der Waals surface area contributed by atoms with E-state index >= 15 is 0 Å². The van der Waals surface area contributed by atoms with Gasteiger partial charge < -0.3 is 5.73 Å². The normalized spacial score (nSPS) is 18.0. The summed E-state index contributed by atoms with van der Waals surface area (Å²) in [7, 11) is 1.90. The second kappa shape index (κ2) is 6.14. The molecule has 2 N–H and O–H groups in total. The second-order valence-corrected chi connectivity index (χ2v) is 6.24. The molecule has 1 aliphatic rings. The van der Waals surface area contributed by atoms with Gasteiger partial charge in [0.05, 0.1) is 5.71 Å². The minimum atomic E-state index is -0.506. The third kappa shape index (κ3) is 3.14. The summed E-state index contributed by atoms with van der Waals surface area (Å²) in [5.74, 6) is 0.0133.